The molecule has 1 aromatic heterocycles. The molecule has 1 amide bonds. The number of nitrogens with two attached hydrogens (primary N) is 1. The van der Waals surface area contributed by atoms with Crippen molar-refractivity contribution in [2.75, 3.05) is 19.6 Å². The van der Waals surface area contributed by atoms with E-state index in [0.29, 0.717) is 18.9 Å². The van der Waals surface area contributed by atoms with Crippen LogP contribution < -0.4 is 5.73 Å². The molecule has 0 atom stereocenters. The summed E-state index contributed by atoms with van der Waals surface area (Å²) in [7, 11) is 0. The number of primary amides is 1. The van der Waals surface area contributed by atoms with Crippen LogP contribution in [0.25, 0.3) is 0 Å². The highest BCUT2D eigenvalue weighted by Gasteiger charge is 2.22. The van der Waals surface area contributed by atoms with Gasteiger partial charge in [0.05, 0.1) is 11.4 Å². The number of likely N-dealkylation sites (tertiary alicyclic amines) is 1. The second-order valence-corrected chi connectivity index (χ2v) is 6.60. The molecule has 0 unspecified atom stereocenters. The fourth-order valence-corrected chi connectivity index (χ4v) is 3.51. The largest absolute Gasteiger partial charge is 0.370 e. The summed E-state index contributed by atoms with van der Waals surface area (Å²) >= 11 is 1.60. The highest BCUT2D eigenvalue weighted by atomic mass is 32.1. The SMILES string of the molecule is CCc1ccc(C(=O)CN2CCC(CC(N)=O)CC2)s1. The van der Waals surface area contributed by atoms with Crippen LogP contribution in [0.1, 0.15) is 40.7 Å². The molecule has 0 radical (unpaired) electrons. The van der Waals surface area contributed by atoms with Gasteiger partial charge < -0.3 is 5.73 Å². The number of carbonyl (C=O) groups is 2. The quantitative estimate of drug-likeness (QED) is 0.817. The van der Waals surface area contributed by atoms with Gasteiger partial charge in [-0.15, -0.1) is 11.3 Å². The molecule has 1 aliphatic heterocycles. The van der Waals surface area contributed by atoms with Crippen LogP contribution in [0.5, 0.6) is 0 Å². The summed E-state index contributed by atoms with van der Waals surface area (Å²) in [6, 6.07) is 3.97. The van der Waals surface area contributed by atoms with Gasteiger partial charge in [-0.2, -0.15) is 0 Å². The molecule has 1 aliphatic rings. The van der Waals surface area contributed by atoms with Gasteiger partial charge in [-0.3, -0.25) is 14.5 Å². The molecule has 20 heavy (non-hydrogen) atoms. The van der Waals surface area contributed by atoms with Crippen LogP contribution in [0.4, 0.5) is 0 Å². The number of nitrogens with zero attached hydrogens (tertiary/aromatic N) is 1. The first kappa shape index (κ1) is 15.2. The van der Waals surface area contributed by atoms with Crippen LogP contribution in [-0.2, 0) is 11.2 Å². The Balaban J connectivity index is 1.80. The smallest absolute Gasteiger partial charge is 0.217 e. The van der Waals surface area contributed by atoms with E-state index >= 15 is 0 Å². The molecule has 2 N–H and O–H groups in total. The first-order valence-electron chi connectivity index (χ1n) is 7.21. The Hall–Kier alpha value is -1.20. The fraction of sp³-hybridized carbons (Fsp3) is 0.600. The van der Waals surface area contributed by atoms with Crippen LogP contribution in [0.15, 0.2) is 12.1 Å². The lowest BCUT2D eigenvalue weighted by molar-refractivity contribution is -0.119. The summed E-state index contributed by atoms with van der Waals surface area (Å²) in [5.41, 5.74) is 5.22. The van der Waals surface area contributed by atoms with E-state index in [4.69, 9.17) is 5.73 Å². The molecule has 0 aromatic carbocycles. The Bertz CT molecular complexity index is 476. The summed E-state index contributed by atoms with van der Waals surface area (Å²) in [6.45, 7) is 4.36. The third-order valence-electron chi connectivity index (χ3n) is 3.85. The number of ketones is 1. The molecule has 1 saturated heterocycles. The molecule has 4 nitrogen and oxygen atoms in total. The molecule has 2 rings (SSSR count). The van der Waals surface area contributed by atoms with Gasteiger partial charge in [0.15, 0.2) is 5.78 Å². The number of piperidine rings is 1. The van der Waals surface area contributed by atoms with Crippen LogP contribution in [0, 0.1) is 5.92 Å². The number of aryl methyl sites for hydroxylation is 1. The summed E-state index contributed by atoms with van der Waals surface area (Å²) in [6.07, 6.45) is 3.38. The molecule has 1 fully saturated rings. The van der Waals surface area contributed by atoms with Gasteiger partial charge in [0.25, 0.3) is 0 Å². The van der Waals surface area contributed by atoms with Gasteiger partial charge in [0.1, 0.15) is 0 Å². The standard InChI is InChI=1S/C15H22N2O2S/c1-2-12-3-4-14(20-12)13(18)10-17-7-5-11(6-8-17)9-15(16)19/h3-4,11H,2,5-10H2,1H3,(H2,16,19). The summed E-state index contributed by atoms with van der Waals surface area (Å²) in [4.78, 5) is 27.4. The van der Waals surface area contributed by atoms with E-state index in [1.54, 1.807) is 11.3 Å². The Labute approximate surface area is 124 Å². The van der Waals surface area contributed by atoms with Crippen LogP contribution in [0.3, 0.4) is 0 Å². The number of Topliss-reactive ketones (excluding diaryl/α,β-unsaturated/α-hetero) is 1. The minimum Gasteiger partial charge on any atom is -0.370 e. The van der Waals surface area contributed by atoms with Crippen LogP contribution in [0.2, 0.25) is 0 Å². The Morgan fingerprint density at radius 2 is 2.05 bits per heavy atom. The number of hydrogen-bond acceptors (Lipinski definition) is 4. The molecule has 2 heterocycles. The highest BCUT2D eigenvalue weighted by molar-refractivity contribution is 7.14. The van der Waals surface area contributed by atoms with Crippen molar-refractivity contribution >= 4 is 23.0 Å². The first-order valence-corrected chi connectivity index (χ1v) is 8.02. The molecule has 0 spiro atoms. The zero-order chi connectivity index (χ0) is 14.5. The normalized spacial score (nSPS) is 17.2. The van der Waals surface area contributed by atoms with Crippen molar-refractivity contribution < 1.29 is 9.59 Å². The van der Waals surface area contributed by atoms with Gasteiger partial charge in [-0.1, -0.05) is 6.92 Å². The Morgan fingerprint density at radius 3 is 2.60 bits per heavy atom. The molecule has 1 aromatic rings. The van der Waals surface area contributed by atoms with Crippen molar-refractivity contribution in [3.63, 3.8) is 0 Å². The summed E-state index contributed by atoms with van der Waals surface area (Å²) < 4.78 is 0. The molecule has 0 saturated carbocycles. The number of amides is 1. The predicted molar refractivity (Wildman–Crippen MR) is 81.0 cm³/mol. The zero-order valence-electron chi connectivity index (χ0n) is 11.9. The van der Waals surface area contributed by atoms with Gasteiger partial charge in [-0.05, 0) is 50.4 Å². The van der Waals surface area contributed by atoms with Crippen molar-refractivity contribution in [2.45, 2.75) is 32.6 Å². The van der Waals surface area contributed by atoms with E-state index in [-0.39, 0.29) is 11.7 Å². The van der Waals surface area contributed by atoms with Gasteiger partial charge >= 0.3 is 0 Å². The Morgan fingerprint density at radius 1 is 1.35 bits per heavy atom. The molecule has 5 heteroatoms. The van der Waals surface area contributed by atoms with E-state index in [0.717, 1.165) is 37.2 Å². The molecule has 0 bridgehead atoms. The van der Waals surface area contributed by atoms with Crippen molar-refractivity contribution in [1.29, 1.82) is 0 Å². The summed E-state index contributed by atoms with van der Waals surface area (Å²) in [5, 5.41) is 0. The maximum absolute atomic E-state index is 12.2. The average Bonchev–Trinajstić information content (AvgIpc) is 2.89. The monoisotopic (exact) mass is 294 g/mol. The Kier molecular flexibility index (Phi) is 5.31. The predicted octanol–water partition coefficient (Wildman–Crippen LogP) is 2.08. The average molecular weight is 294 g/mol. The van der Waals surface area contributed by atoms with Crippen molar-refractivity contribution in [2.24, 2.45) is 11.7 Å². The van der Waals surface area contributed by atoms with Crippen molar-refractivity contribution in [3.8, 4) is 0 Å². The lowest BCUT2D eigenvalue weighted by atomic mass is 9.93. The van der Waals surface area contributed by atoms with Gasteiger partial charge in [0.2, 0.25) is 5.91 Å². The molecular formula is C15H22N2O2S. The number of rotatable bonds is 6. The van der Waals surface area contributed by atoms with Gasteiger partial charge in [-0.25, -0.2) is 0 Å². The van der Waals surface area contributed by atoms with Crippen molar-refractivity contribution in [1.82, 2.24) is 4.90 Å². The fourth-order valence-electron chi connectivity index (χ4n) is 2.63. The second-order valence-electron chi connectivity index (χ2n) is 5.43. The number of carbonyl (C=O) groups excluding carboxylic acids is 2. The minimum atomic E-state index is -0.217. The van der Waals surface area contributed by atoms with Crippen LogP contribution in [-0.4, -0.2) is 36.2 Å². The topological polar surface area (TPSA) is 63.4 Å². The van der Waals surface area contributed by atoms with E-state index in [9.17, 15) is 9.59 Å². The van der Waals surface area contributed by atoms with Gasteiger partial charge in [0, 0.05) is 11.3 Å². The maximum Gasteiger partial charge on any atom is 0.217 e. The highest BCUT2D eigenvalue weighted by Crippen LogP contribution is 2.22. The third-order valence-corrected chi connectivity index (χ3v) is 5.12. The molecule has 110 valence electrons. The lowest BCUT2D eigenvalue weighted by Gasteiger charge is -2.30. The van der Waals surface area contributed by atoms with E-state index in [1.807, 2.05) is 12.1 Å². The zero-order valence-corrected chi connectivity index (χ0v) is 12.7. The second kappa shape index (κ2) is 6.99. The number of hydrogen-bond donors (Lipinski definition) is 1. The van der Waals surface area contributed by atoms with E-state index in [2.05, 4.69) is 11.8 Å². The van der Waals surface area contributed by atoms with E-state index < -0.39 is 0 Å². The van der Waals surface area contributed by atoms with E-state index in [1.165, 1.54) is 4.88 Å². The van der Waals surface area contributed by atoms with Crippen LogP contribution >= 0.6 is 11.3 Å². The molecule has 0 aliphatic carbocycles. The number of thiophene rings is 1. The minimum absolute atomic E-state index is 0.211. The van der Waals surface area contributed by atoms with Crippen molar-refractivity contribution in [3.05, 3.63) is 21.9 Å². The third kappa shape index (κ3) is 4.15. The maximum atomic E-state index is 12.2. The first-order chi connectivity index (χ1) is 9.58. The lowest BCUT2D eigenvalue weighted by Crippen LogP contribution is -2.38. The summed E-state index contributed by atoms with van der Waals surface area (Å²) in [5.74, 6) is 0.389. The molecular weight excluding hydrogens is 272 g/mol.